The van der Waals surface area contributed by atoms with Gasteiger partial charge in [-0.1, -0.05) is 6.92 Å². The zero-order valence-electron chi connectivity index (χ0n) is 12.2. The van der Waals surface area contributed by atoms with E-state index in [0.717, 1.165) is 26.2 Å². The molecule has 2 aromatic rings. The van der Waals surface area contributed by atoms with Crippen molar-refractivity contribution in [1.29, 1.82) is 0 Å². The molecule has 0 unspecified atom stereocenters. The lowest BCUT2D eigenvalue weighted by Crippen LogP contribution is -2.35. The van der Waals surface area contributed by atoms with E-state index in [4.69, 9.17) is 0 Å². The first kappa shape index (κ1) is 12.7. The number of likely N-dealkylation sites (tertiary alicyclic amines) is 2. The van der Waals surface area contributed by atoms with Gasteiger partial charge in [0, 0.05) is 44.0 Å². The second-order valence-electron chi connectivity index (χ2n) is 6.53. The third-order valence-corrected chi connectivity index (χ3v) is 4.74. The van der Waals surface area contributed by atoms with Gasteiger partial charge >= 0.3 is 0 Å². The Bertz CT molecular complexity index is 679. The number of carbonyl (C=O) groups excluding carboxylic acids is 1. The summed E-state index contributed by atoms with van der Waals surface area (Å²) in [5.41, 5.74) is 0.196. The van der Waals surface area contributed by atoms with Crippen LogP contribution in [0.5, 0.6) is 0 Å². The molecule has 4 rings (SSSR count). The Morgan fingerprint density at radius 1 is 1.38 bits per heavy atom. The van der Waals surface area contributed by atoms with Crippen molar-refractivity contribution >= 4 is 11.7 Å². The molecule has 0 bridgehead atoms. The molecule has 2 aliphatic rings. The zero-order valence-corrected chi connectivity index (χ0v) is 12.2. The van der Waals surface area contributed by atoms with Gasteiger partial charge in [-0.3, -0.25) is 4.79 Å². The first-order chi connectivity index (χ1) is 10.0. The molecule has 0 N–H and O–H groups in total. The number of amides is 1. The van der Waals surface area contributed by atoms with Crippen LogP contribution in [0.3, 0.4) is 0 Å². The van der Waals surface area contributed by atoms with Crippen LogP contribution >= 0.6 is 0 Å². The Morgan fingerprint density at radius 3 is 3.00 bits per heavy atom. The second-order valence-corrected chi connectivity index (χ2v) is 6.53. The van der Waals surface area contributed by atoms with Crippen LogP contribution in [0.15, 0.2) is 18.5 Å². The van der Waals surface area contributed by atoms with Gasteiger partial charge in [-0.25, -0.2) is 9.50 Å². The zero-order chi connectivity index (χ0) is 14.6. The first-order valence-electron chi connectivity index (χ1n) is 7.20. The third kappa shape index (κ3) is 1.91. The van der Waals surface area contributed by atoms with Crippen LogP contribution < -0.4 is 0 Å². The fourth-order valence-electron chi connectivity index (χ4n) is 3.75. The fraction of sp³-hybridized carbons (Fsp3) is 0.571. The van der Waals surface area contributed by atoms with Gasteiger partial charge in [-0.2, -0.15) is 4.98 Å². The summed E-state index contributed by atoms with van der Waals surface area (Å²) in [4.78, 5) is 25.2. The van der Waals surface area contributed by atoms with Gasteiger partial charge in [-0.05, 0) is 19.0 Å². The number of nitrogens with zero attached hydrogens (tertiary/aromatic N) is 6. The lowest BCUT2D eigenvalue weighted by molar-refractivity contribution is 0.0753. The molecule has 0 aliphatic carbocycles. The highest BCUT2D eigenvalue weighted by atomic mass is 16.2. The predicted molar refractivity (Wildman–Crippen MR) is 75.8 cm³/mol. The van der Waals surface area contributed by atoms with E-state index in [1.165, 1.54) is 0 Å². The number of aromatic nitrogens is 4. The summed E-state index contributed by atoms with van der Waals surface area (Å²) >= 11 is 0. The van der Waals surface area contributed by atoms with Crippen LogP contribution in [0.2, 0.25) is 0 Å². The van der Waals surface area contributed by atoms with E-state index in [2.05, 4.69) is 33.9 Å². The van der Waals surface area contributed by atoms with Crippen molar-refractivity contribution in [2.45, 2.75) is 6.92 Å². The maximum atomic E-state index is 12.6. The molecule has 4 heterocycles. The summed E-state index contributed by atoms with van der Waals surface area (Å²) in [5, 5.41) is 4.23. The van der Waals surface area contributed by atoms with E-state index in [1.54, 1.807) is 23.0 Å². The molecule has 21 heavy (non-hydrogen) atoms. The maximum absolute atomic E-state index is 12.6. The Balaban J connectivity index is 1.59. The van der Waals surface area contributed by atoms with E-state index < -0.39 is 0 Å². The number of hydrogen-bond acceptors (Lipinski definition) is 5. The van der Waals surface area contributed by atoms with Gasteiger partial charge in [0.05, 0.1) is 0 Å². The molecule has 0 saturated carbocycles. The molecular formula is C14H18N6O. The molecule has 7 nitrogen and oxygen atoms in total. The highest BCUT2D eigenvalue weighted by molar-refractivity contribution is 5.91. The van der Waals surface area contributed by atoms with Crippen LogP contribution in [0.4, 0.5) is 0 Å². The fourth-order valence-corrected chi connectivity index (χ4v) is 3.75. The van der Waals surface area contributed by atoms with Crippen molar-refractivity contribution in [3.63, 3.8) is 0 Å². The Hall–Kier alpha value is -2.02. The molecule has 2 fully saturated rings. The molecule has 7 heteroatoms. The molecular weight excluding hydrogens is 268 g/mol. The average Bonchev–Trinajstić information content (AvgIpc) is 3.06. The molecule has 0 spiro atoms. The van der Waals surface area contributed by atoms with Gasteiger partial charge < -0.3 is 9.80 Å². The quantitative estimate of drug-likeness (QED) is 0.746. The minimum atomic E-state index is -0.0845. The summed E-state index contributed by atoms with van der Waals surface area (Å²) < 4.78 is 1.54. The third-order valence-electron chi connectivity index (χ3n) is 4.74. The summed E-state index contributed by atoms with van der Waals surface area (Å²) in [6, 6.07) is 1.77. The van der Waals surface area contributed by atoms with Crippen LogP contribution in [0.1, 0.15) is 17.5 Å². The lowest BCUT2D eigenvalue weighted by Gasteiger charge is -2.23. The van der Waals surface area contributed by atoms with Crippen molar-refractivity contribution in [2.24, 2.45) is 11.3 Å². The summed E-state index contributed by atoms with van der Waals surface area (Å²) in [7, 11) is 2.14. The van der Waals surface area contributed by atoms with E-state index in [-0.39, 0.29) is 17.1 Å². The maximum Gasteiger partial charge on any atom is 0.293 e. The Kier molecular flexibility index (Phi) is 2.56. The molecule has 2 saturated heterocycles. The standard InChI is InChI=1S/C14H18N6O/c1-14-8-18(2)6-10(14)7-19(9-14)12(21)11-16-13-15-4-3-5-20(13)17-11/h3-5,10H,6-9H2,1-2H3/t10-,14+/m1/s1. The highest BCUT2D eigenvalue weighted by Gasteiger charge is 2.49. The molecule has 2 aliphatic heterocycles. The van der Waals surface area contributed by atoms with Crippen LogP contribution in [-0.2, 0) is 0 Å². The van der Waals surface area contributed by atoms with Crippen LogP contribution in [0.25, 0.3) is 5.78 Å². The molecule has 1 amide bonds. The topological polar surface area (TPSA) is 66.6 Å². The predicted octanol–water partition coefficient (Wildman–Crippen LogP) is 0.148. The van der Waals surface area contributed by atoms with E-state index in [0.29, 0.717) is 11.7 Å². The smallest absolute Gasteiger partial charge is 0.293 e. The van der Waals surface area contributed by atoms with Gasteiger partial charge in [0.15, 0.2) is 0 Å². The Morgan fingerprint density at radius 2 is 2.24 bits per heavy atom. The average molecular weight is 286 g/mol. The van der Waals surface area contributed by atoms with Crippen molar-refractivity contribution in [3.05, 3.63) is 24.3 Å². The van der Waals surface area contributed by atoms with E-state index in [1.807, 2.05) is 4.90 Å². The van der Waals surface area contributed by atoms with E-state index >= 15 is 0 Å². The van der Waals surface area contributed by atoms with Gasteiger partial charge in [0.1, 0.15) is 0 Å². The van der Waals surface area contributed by atoms with Crippen molar-refractivity contribution in [2.75, 3.05) is 33.2 Å². The van der Waals surface area contributed by atoms with Crippen molar-refractivity contribution < 1.29 is 4.79 Å². The normalized spacial score (nSPS) is 29.2. The van der Waals surface area contributed by atoms with Crippen molar-refractivity contribution in [1.82, 2.24) is 29.4 Å². The summed E-state index contributed by atoms with van der Waals surface area (Å²) in [6.07, 6.45) is 3.40. The van der Waals surface area contributed by atoms with Gasteiger partial charge in [0.25, 0.3) is 11.7 Å². The monoisotopic (exact) mass is 286 g/mol. The summed E-state index contributed by atoms with van der Waals surface area (Å²) in [5.74, 6) is 1.16. The minimum Gasteiger partial charge on any atom is -0.335 e. The van der Waals surface area contributed by atoms with E-state index in [9.17, 15) is 4.79 Å². The lowest BCUT2D eigenvalue weighted by atomic mass is 9.83. The number of hydrogen-bond donors (Lipinski definition) is 0. The second kappa shape index (κ2) is 4.24. The number of carbonyl (C=O) groups is 1. The molecule has 2 aromatic heterocycles. The summed E-state index contributed by atoms with van der Waals surface area (Å²) in [6.45, 7) is 5.95. The Labute approximate surface area is 122 Å². The largest absolute Gasteiger partial charge is 0.335 e. The molecule has 0 radical (unpaired) electrons. The van der Waals surface area contributed by atoms with Crippen molar-refractivity contribution in [3.8, 4) is 0 Å². The van der Waals surface area contributed by atoms with Crippen LogP contribution in [0, 0.1) is 11.3 Å². The number of fused-ring (bicyclic) bond motifs is 2. The van der Waals surface area contributed by atoms with Gasteiger partial charge in [0.2, 0.25) is 5.82 Å². The highest BCUT2D eigenvalue weighted by Crippen LogP contribution is 2.41. The minimum absolute atomic E-state index is 0.0845. The van der Waals surface area contributed by atoms with Gasteiger partial charge in [-0.15, -0.1) is 5.10 Å². The molecule has 0 aromatic carbocycles. The molecule has 2 atom stereocenters. The first-order valence-corrected chi connectivity index (χ1v) is 7.20. The van der Waals surface area contributed by atoms with Crippen LogP contribution in [-0.4, -0.2) is 68.5 Å². The SMILES string of the molecule is CN1C[C@@H]2CN(C(=O)c3nc4ncccn4n3)C[C@]2(C)C1. The number of rotatable bonds is 1. The molecule has 110 valence electrons.